The molecule has 4 nitrogen and oxygen atoms in total. The molecule has 0 unspecified atom stereocenters. The Balaban J connectivity index is 0.00000200. The third-order valence-electron chi connectivity index (χ3n) is 3.44. The van der Waals surface area contributed by atoms with E-state index in [-0.39, 0.29) is 24.2 Å². The molecule has 1 fully saturated rings. The zero-order chi connectivity index (χ0) is 13.5. The van der Waals surface area contributed by atoms with Gasteiger partial charge < -0.3 is 15.4 Å². The molecule has 0 bridgehead atoms. The van der Waals surface area contributed by atoms with Crippen molar-refractivity contribution in [2.24, 2.45) is 5.92 Å². The van der Waals surface area contributed by atoms with E-state index in [1.165, 1.54) is 0 Å². The van der Waals surface area contributed by atoms with Crippen LogP contribution >= 0.6 is 12.4 Å². The van der Waals surface area contributed by atoms with Gasteiger partial charge in [0.05, 0.1) is 12.5 Å². The lowest BCUT2D eigenvalue weighted by Gasteiger charge is -2.21. The van der Waals surface area contributed by atoms with Crippen LogP contribution < -0.4 is 10.6 Å². The number of benzene rings is 1. The summed E-state index contributed by atoms with van der Waals surface area (Å²) in [6, 6.07) is 8.12. The van der Waals surface area contributed by atoms with Gasteiger partial charge >= 0.3 is 0 Å². The van der Waals surface area contributed by atoms with Crippen LogP contribution in [0.2, 0.25) is 0 Å². The molecule has 0 radical (unpaired) electrons. The predicted octanol–water partition coefficient (Wildman–Crippen LogP) is 1.87. The smallest absolute Gasteiger partial charge is 0.224 e. The molecule has 1 aromatic rings. The summed E-state index contributed by atoms with van der Waals surface area (Å²) >= 11 is 0. The van der Waals surface area contributed by atoms with Gasteiger partial charge in [0, 0.05) is 20.2 Å². The lowest BCUT2D eigenvalue weighted by Crippen LogP contribution is -2.40. The Morgan fingerprint density at radius 2 is 2.25 bits per heavy atom. The number of ether oxygens (including phenoxy) is 1. The topological polar surface area (TPSA) is 50.4 Å². The molecule has 0 saturated carbocycles. The van der Waals surface area contributed by atoms with Gasteiger partial charge in [-0.2, -0.15) is 0 Å². The second-order valence-electron chi connectivity index (χ2n) is 5.01. The van der Waals surface area contributed by atoms with Gasteiger partial charge in [-0.05, 0) is 30.5 Å². The van der Waals surface area contributed by atoms with Crippen LogP contribution in [0, 0.1) is 5.92 Å². The fourth-order valence-electron chi connectivity index (χ4n) is 2.41. The van der Waals surface area contributed by atoms with Gasteiger partial charge in [0.2, 0.25) is 5.91 Å². The number of carbonyl (C=O) groups is 1. The molecule has 20 heavy (non-hydrogen) atoms. The molecule has 1 amide bonds. The third-order valence-corrected chi connectivity index (χ3v) is 3.44. The van der Waals surface area contributed by atoms with Crippen molar-refractivity contribution < 1.29 is 9.53 Å². The second-order valence-corrected chi connectivity index (χ2v) is 5.01. The van der Waals surface area contributed by atoms with Gasteiger partial charge in [-0.3, -0.25) is 4.79 Å². The largest absolute Gasteiger partial charge is 0.380 e. The molecule has 2 N–H and O–H groups in total. The number of carbonyl (C=O) groups excluding carboxylic acids is 1. The van der Waals surface area contributed by atoms with Crippen molar-refractivity contribution in [2.75, 3.05) is 20.2 Å². The number of amides is 1. The fraction of sp³-hybridized carbons (Fsp3) is 0.533. The quantitative estimate of drug-likeness (QED) is 0.872. The number of hydrogen-bond acceptors (Lipinski definition) is 3. The zero-order valence-electron chi connectivity index (χ0n) is 11.9. The van der Waals surface area contributed by atoms with E-state index in [4.69, 9.17) is 4.74 Å². The van der Waals surface area contributed by atoms with E-state index in [2.05, 4.69) is 16.7 Å². The Morgan fingerprint density at radius 3 is 2.95 bits per heavy atom. The van der Waals surface area contributed by atoms with Gasteiger partial charge in [-0.1, -0.05) is 24.3 Å². The maximum absolute atomic E-state index is 12.0. The molecule has 1 aliphatic heterocycles. The van der Waals surface area contributed by atoms with Crippen LogP contribution in [0.25, 0.3) is 0 Å². The molecule has 112 valence electrons. The second kappa shape index (κ2) is 8.95. The van der Waals surface area contributed by atoms with Crippen molar-refractivity contribution in [3.8, 4) is 0 Å². The first-order chi connectivity index (χ1) is 9.29. The normalized spacial score (nSPS) is 18.1. The van der Waals surface area contributed by atoms with Crippen LogP contribution in [0.3, 0.4) is 0 Å². The van der Waals surface area contributed by atoms with Crippen molar-refractivity contribution in [3.05, 3.63) is 35.4 Å². The van der Waals surface area contributed by atoms with Crippen LogP contribution in [-0.2, 0) is 22.7 Å². The highest BCUT2D eigenvalue weighted by molar-refractivity contribution is 5.85. The summed E-state index contributed by atoms with van der Waals surface area (Å²) in [4.78, 5) is 12.0. The molecule has 1 aromatic carbocycles. The Morgan fingerprint density at radius 1 is 1.45 bits per heavy atom. The predicted molar refractivity (Wildman–Crippen MR) is 81.8 cm³/mol. The number of methoxy groups -OCH3 is 1. The highest BCUT2D eigenvalue weighted by atomic mass is 35.5. The van der Waals surface area contributed by atoms with Crippen molar-refractivity contribution >= 4 is 18.3 Å². The molecule has 1 atom stereocenters. The van der Waals surface area contributed by atoms with Crippen molar-refractivity contribution in [1.82, 2.24) is 10.6 Å². The van der Waals surface area contributed by atoms with Gasteiger partial charge in [0.15, 0.2) is 0 Å². The molecular weight excluding hydrogens is 276 g/mol. The van der Waals surface area contributed by atoms with E-state index in [9.17, 15) is 4.79 Å². The summed E-state index contributed by atoms with van der Waals surface area (Å²) in [6.45, 7) is 3.03. The van der Waals surface area contributed by atoms with Gasteiger partial charge in [-0.25, -0.2) is 0 Å². The zero-order valence-corrected chi connectivity index (χ0v) is 12.7. The standard InChI is InChI=1S/C15H22N2O2.ClH/c1-19-11-13-5-2-4-12(8-13)9-17-15(18)14-6-3-7-16-10-14;/h2,4-5,8,14,16H,3,6-7,9-11H2,1H3,(H,17,18);1H/t14-;/m1./s1. The summed E-state index contributed by atoms with van der Waals surface area (Å²) < 4.78 is 5.11. The summed E-state index contributed by atoms with van der Waals surface area (Å²) in [7, 11) is 1.69. The number of hydrogen-bond donors (Lipinski definition) is 2. The maximum atomic E-state index is 12.0. The monoisotopic (exact) mass is 298 g/mol. The summed E-state index contributed by atoms with van der Waals surface area (Å²) in [6.07, 6.45) is 2.07. The van der Waals surface area contributed by atoms with Crippen LogP contribution in [0.15, 0.2) is 24.3 Å². The summed E-state index contributed by atoms with van der Waals surface area (Å²) in [5, 5.41) is 6.28. The van der Waals surface area contributed by atoms with Gasteiger partial charge in [0.25, 0.3) is 0 Å². The van der Waals surface area contributed by atoms with E-state index in [1.807, 2.05) is 18.2 Å². The van der Waals surface area contributed by atoms with Crippen LogP contribution in [0.1, 0.15) is 24.0 Å². The molecule has 1 aliphatic rings. The van der Waals surface area contributed by atoms with Crippen LogP contribution in [0.4, 0.5) is 0 Å². The van der Waals surface area contributed by atoms with Crippen LogP contribution in [0.5, 0.6) is 0 Å². The number of rotatable bonds is 5. The number of halogens is 1. The summed E-state index contributed by atoms with van der Waals surface area (Å²) in [5.74, 6) is 0.278. The molecule has 0 aromatic heterocycles. The molecule has 2 rings (SSSR count). The molecule has 1 heterocycles. The average Bonchev–Trinajstić information content (AvgIpc) is 2.46. The third kappa shape index (κ3) is 5.12. The Labute approximate surface area is 126 Å². The molecular formula is C15H23ClN2O2. The molecule has 5 heteroatoms. The van der Waals surface area contributed by atoms with Crippen LogP contribution in [-0.4, -0.2) is 26.1 Å². The first-order valence-corrected chi connectivity index (χ1v) is 6.85. The van der Waals surface area contributed by atoms with E-state index < -0.39 is 0 Å². The van der Waals surface area contributed by atoms with E-state index >= 15 is 0 Å². The molecule has 0 aliphatic carbocycles. The van der Waals surface area contributed by atoms with Gasteiger partial charge in [-0.15, -0.1) is 12.4 Å². The Hall–Kier alpha value is -1.10. The first-order valence-electron chi connectivity index (χ1n) is 6.85. The Kier molecular flexibility index (Phi) is 7.59. The lowest BCUT2D eigenvalue weighted by atomic mass is 9.99. The lowest BCUT2D eigenvalue weighted by molar-refractivity contribution is -0.125. The Bertz CT molecular complexity index is 420. The average molecular weight is 299 g/mol. The first kappa shape index (κ1) is 17.0. The van der Waals surface area contributed by atoms with Gasteiger partial charge in [0.1, 0.15) is 0 Å². The fourth-order valence-corrected chi connectivity index (χ4v) is 2.41. The minimum Gasteiger partial charge on any atom is -0.380 e. The van der Waals surface area contributed by atoms with E-state index in [1.54, 1.807) is 7.11 Å². The van der Waals surface area contributed by atoms with Crippen molar-refractivity contribution in [2.45, 2.75) is 26.0 Å². The molecule has 1 saturated heterocycles. The van der Waals surface area contributed by atoms with E-state index in [0.717, 1.165) is 37.1 Å². The van der Waals surface area contributed by atoms with Crippen molar-refractivity contribution in [3.63, 3.8) is 0 Å². The summed E-state index contributed by atoms with van der Waals surface area (Å²) in [5.41, 5.74) is 2.25. The number of nitrogens with one attached hydrogen (secondary N) is 2. The highest BCUT2D eigenvalue weighted by Crippen LogP contribution is 2.11. The number of piperidine rings is 1. The molecule has 0 spiro atoms. The minimum absolute atomic E-state index is 0. The maximum Gasteiger partial charge on any atom is 0.224 e. The SMILES string of the molecule is COCc1cccc(CNC(=O)[C@@H]2CCCNC2)c1.Cl. The van der Waals surface area contributed by atoms with E-state index in [0.29, 0.717) is 13.2 Å². The van der Waals surface area contributed by atoms with Crippen molar-refractivity contribution in [1.29, 1.82) is 0 Å². The highest BCUT2D eigenvalue weighted by Gasteiger charge is 2.20. The minimum atomic E-state index is 0.